The van der Waals surface area contributed by atoms with Crippen LogP contribution in [0, 0.1) is 6.92 Å². The largest absolute Gasteiger partial charge is 0.480 e. The summed E-state index contributed by atoms with van der Waals surface area (Å²) in [4.78, 5) is 28.4. The highest BCUT2D eigenvalue weighted by Crippen LogP contribution is 2.49. The molecule has 0 radical (unpaired) electrons. The topological polar surface area (TPSA) is 130 Å². The predicted molar refractivity (Wildman–Crippen MR) is 128 cm³/mol. The molecule has 3 N–H and O–H groups in total. The first-order valence-electron chi connectivity index (χ1n) is 11.3. The van der Waals surface area contributed by atoms with Crippen LogP contribution in [0.4, 0.5) is 10.5 Å². The summed E-state index contributed by atoms with van der Waals surface area (Å²) in [5.41, 5.74) is 3.21. The Balaban J connectivity index is 1.31. The Morgan fingerprint density at radius 1 is 1.11 bits per heavy atom. The van der Waals surface area contributed by atoms with Gasteiger partial charge in [0.15, 0.2) is 0 Å². The fourth-order valence-electron chi connectivity index (χ4n) is 3.97. The van der Waals surface area contributed by atoms with Crippen molar-refractivity contribution in [1.29, 1.82) is 0 Å². The van der Waals surface area contributed by atoms with Crippen LogP contribution in [-0.2, 0) is 14.9 Å². The van der Waals surface area contributed by atoms with Gasteiger partial charge in [-0.05, 0) is 44.4 Å². The SMILES string of the molecule is Cc1[nH]nc(-c2ccc(-c3ncc(C4(C(=O)O)CC4)o3)cc2)c1NC(=O)OC(C)c1ccccc1. The van der Waals surface area contributed by atoms with Crippen molar-refractivity contribution in [3.63, 3.8) is 0 Å². The zero-order valence-corrected chi connectivity index (χ0v) is 19.2. The maximum atomic E-state index is 12.6. The van der Waals surface area contributed by atoms with Gasteiger partial charge in [-0.2, -0.15) is 5.10 Å². The molecule has 4 aromatic rings. The maximum absolute atomic E-state index is 12.6. The zero-order chi connectivity index (χ0) is 24.6. The van der Waals surface area contributed by atoms with Crippen LogP contribution in [0.25, 0.3) is 22.7 Å². The number of H-pyrrole nitrogens is 1. The number of hydrogen-bond acceptors (Lipinski definition) is 6. The van der Waals surface area contributed by atoms with Gasteiger partial charge in [0.25, 0.3) is 0 Å². The number of aryl methyl sites for hydroxylation is 1. The molecular formula is C26H24N4O5. The van der Waals surface area contributed by atoms with E-state index in [1.165, 1.54) is 6.20 Å². The Hall–Kier alpha value is -4.40. The standard InChI is InChI=1S/C26H24N4O5/c1-15-21(28-25(33)34-16(2)17-6-4-3-5-7-17)22(30-29-15)18-8-10-19(11-9-18)23-27-14-20(35-23)26(12-13-26)24(31)32/h3-11,14,16H,12-13H2,1-2H3,(H,28,33)(H,29,30)(H,31,32). The number of carbonyl (C=O) groups is 2. The molecule has 0 saturated heterocycles. The second kappa shape index (κ2) is 8.75. The molecule has 2 aromatic carbocycles. The van der Waals surface area contributed by atoms with E-state index in [0.717, 1.165) is 11.1 Å². The van der Waals surface area contributed by atoms with E-state index in [4.69, 9.17) is 9.15 Å². The van der Waals surface area contributed by atoms with E-state index in [9.17, 15) is 14.7 Å². The van der Waals surface area contributed by atoms with Crippen LogP contribution in [0.3, 0.4) is 0 Å². The Bertz CT molecular complexity index is 1370. The Kier molecular flexibility index (Phi) is 5.60. The normalized spacial score (nSPS) is 14.8. The molecule has 1 atom stereocenters. The van der Waals surface area contributed by atoms with E-state index < -0.39 is 23.6 Å². The Morgan fingerprint density at radius 3 is 2.46 bits per heavy atom. The Labute approximate surface area is 201 Å². The van der Waals surface area contributed by atoms with Crippen LogP contribution in [-0.4, -0.2) is 32.4 Å². The third-order valence-electron chi connectivity index (χ3n) is 6.27. The molecule has 1 unspecified atom stereocenters. The van der Waals surface area contributed by atoms with Crippen molar-refractivity contribution in [1.82, 2.24) is 15.2 Å². The number of hydrogen-bond donors (Lipinski definition) is 3. The number of nitrogens with zero attached hydrogens (tertiary/aromatic N) is 2. The second-order valence-electron chi connectivity index (χ2n) is 8.65. The van der Waals surface area contributed by atoms with Crippen molar-refractivity contribution in [2.24, 2.45) is 0 Å². The molecule has 1 saturated carbocycles. The summed E-state index contributed by atoms with van der Waals surface area (Å²) in [6, 6.07) is 16.8. The zero-order valence-electron chi connectivity index (χ0n) is 19.2. The van der Waals surface area contributed by atoms with Crippen molar-refractivity contribution < 1.29 is 23.8 Å². The van der Waals surface area contributed by atoms with Gasteiger partial charge in [0, 0.05) is 11.1 Å². The number of rotatable bonds is 7. The minimum absolute atomic E-state index is 0.356. The molecule has 0 bridgehead atoms. The molecule has 35 heavy (non-hydrogen) atoms. The lowest BCUT2D eigenvalue weighted by Gasteiger charge is -2.14. The lowest BCUT2D eigenvalue weighted by molar-refractivity contribution is -0.140. The number of carboxylic acids is 1. The molecule has 2 aromatic heterocycles. The van der Waals surface area contributed by atoms with E-state index in [2.05, 4.69) is 20.5 Å². The van der Waals surface area contributed by atoms with Crippen molar-refractivity contribution in [3.05, 3.63) is 77.8 Å². The van der Waals surface area contributed by atoms with E-state index in [1.54, 1.807) is 0 Å². The summed E-state index contributed by atoms with van der Waals surface area (Å²) in [7, 11) is 0. The number of nitrogens with one attached hydrogen (secondary N) is 2. The molecule has 0 aliphatic heterocycles. The van der Waals surface area contributed by atoms with Crippen LogP contribution in [0.5, 0.6) is 0 Å². The van der Waals surface area contributed by atoms with Crippen molar-refractivity contribution in [3.8, 4) is 22.7 Å². The highest BCUT2D eigenvalue weighted by atomic mass is 16.6. The van der Waals surface area contributed by atoms with Gasteiger partial charge in [-0.25, -0.2) is 9.78 Å². The summed E-state index contributed by atoms with van der Waals surface area (Å²) >= 11 is 0. The van der Waals surface area contributed by atoms with E-state index in [0.29, 0.717) is 47.1 Å². The quantitative estimate of drug-likeness (QED) is 0.325. The molecule has 1 aliphatic rings. The number of benzene rings is 2. The molecule has 2 heterocycles. The van der Waals surface area contributed by atoms with Gasteiger partial charge in [0.05, 0.1) is 17.6 Å². The minimum atomic E-state index is -0.940. The molecule has 9 heteroatoms. The molecule has 178 valence electrons. The Morgan fingerprint density at radius 2 is 1.80 bits per heavy atom. The fourth-order valence-corrected chi connectivity index (χ4v) is 3.97. The minimum Gasteiger partial charge on any atom is -0.480 e. The first-order valence-corrected chi connectivity index (χ1v) is 11.3. The smallest absolute Gasteiger partial charge is 0.412 e. The lowest BCUT2D eigenvalue weighted by Crippen LogP contribution is -2.18. The highest BCUT2D eigenvalue weighted by molar-refractivity contribution is 5.91. The number of aromatic nitrogens is 3. The van der Waals surface area contributed by atoms with Crippen molar-refractivity contribution in [2.75, 3.05) is 5.32 Å². The van der Waals surface area contributed by atoms with Crippen molar-refractivity contribution in [2.45, 2.75) is 38.2 Å². The van der Waals surface area contributed by atoms with Gasteiger partial charge in [0.2, 0.25) is 5.89 Å². The molecule has 9 nitrogen and oxygen atoms in total. The van der Waals surface area contributed by atoms with Crippen LogP contribution >= 0.6 is 0 Å². The summed E-state index contributed by atoms with van der Waals surface area (Å²) in [5, 5.41) is 19.5. The fraction of sp³-hybridized carbons (Fsp3) is 0.231. The van der Waals surface area contributed by atoms with Crippen LogP contribution in [0.1, 0.15) is 42.9 Å². The third kappa shape index (κ3) is 4.28. The van der Waals surface area contributed by atoms with Gasteiger partial charge in [-0.1, -0.05) is 42.5 Å². The highest BCUT2D eigenvalue weighted by Gasteiger charge is 2.55. The maximum Gasteiger partial charge on any atom is 0.412 e. The monoisotopic (exact) mass is 472 g/mol. The number of anilines is 1. The van der Waals surface area contributed by atoms with E-state index in [-0.39, 0.29) is 0 Å². The number of oxazole rings is 1. The number of aliphatic carboxylic acids is 1. The van der Waals surface area contributed by atoms with Gasteiger partial charge >= 0.3 is 12.1 Å². The average molecular weight is 473 g/mol. The van der Waals surface area contributed by atoms with E-state index >= 15 is 0 Å². The van der Waals surface area contributed by atoms with Crippen molar-refractivity contribution >= 4 is 17.7 Å². The average Bonchev–Trinajstić information content (AvgIpc) is 3.40. The number of carboxylic acid groups (broad SMARTS) is 1. The van der Waals surface area contributed by atoms with E-state index in [1.807, 2.05) is 68.4 Å². The predicted octanol–water partition coefficient (Wildman–Crippen LogP) is 5.47. The molecule has 5 rings (SSSR count). The first-order chi connectivity index (χ1) is 16.9. The molecule has 1 amide bonds. The third-order valence-corrected chi connectivity index (χ3v) is 6.27. The number of carbonyl (C=O) groups excluding carboxylic acids is 1. The summed E-state index contributed by atoms with van der Waals surface area (Å²) in [5.74, 6) is -0.156. The van der Waals surface area contributed by atoms with Crippen LogP contribution in [0.15, 0.2) is 65.2 Å². The van der Waals surface area contributed by atoms with Crippen LogP contribution in [0.2, 0.25) is 0 Å². The first kappa shape index (κ1) is 22.4. The van der Waals surface area contributed by atoms with Gasteiger partial charge in [-0.15, -0.1) is 0 Å². The summed E-state index contributed by atoms with van der Waals surface area (Å²) in [6.07, 6.45) is 1.61. The number of amides is 1. The molecular weight excluding hydrogens is 448 g/mol. The summed E-state index contributed by atoms with van der Waals surface area (Å²) < 4.78 is 11.3. The van der Waals surface area contributed by atoms with Gasteiger partial charge < -0.3 is 14.3 Å². The molecule has 0 spiro atoms. The second-order valence-corrected chi connectivity index (χ2v) is 8.65. The molecule has 1 fully saturated rings. The van der Waals surface area contributed by atoms with Crippen LogP contribution < -0.4 is 5.32 Å². The number of ether oxygens (including phenoxy) is 1. The molecule has 1 aliphatic carbocycles. The lowest BCUT2D eigenvalue weighted by atomic mass is 10.1. The summed E-state index contributed by atoms with van der Waals surface area (Å²) in [6.45, 7) is 3.62. The van der Waals surface area contributed by atoms with Gasteiger partial charge in [0.1, 0.15) is 23.0 Å². The van der Waals surface area contributed by atoms with Gasteiger partial charge in [-0.3, -0.25) is 15.2 Å². The number of aromatic amines is 1.